The summed E-state index contributed by atoms with van der Waals surface area (Å²) in [6.45, 7) is 6.47. The van der Waals surface area contributed by atoms with Gasteiger partial charge in [0.05, 0.1) is 11.6 Å². The largest absolute Gasteiger partial charge is 0.464 e. The van der Waals surface area contributed by atoms with Gasteiger partial charge in [0.1, 0.15) is 6.04 Å². The first kappa shape index (κ1) is 17.9. The van der Waals surface area contributed by atoms with E-state index < -0.39 is 6.04 Å². The number of esters is 1. The van der Waals surface area contributed by atoms with Crippen molar-refractivity contribution in [3.8, 4) is 0 Å². The third-order valence-electron chi connectivity index (χ3n) is 3.88. The average molecular weight is 354 g/mol. The number of carbonyl (C=O) groups excluding carboxylic acids is 2. The summed E-state index contributed by atoms with van der Waals surface area (Å²) in [5.74, 6) is -0.608. The number of benzene rings is 1. The smallest absolute Gasteiger partial charge is 0.328 e. The highest BCUT2D eigenvalue weighted by molar-refractivity contribution is 7.80. The van der Waals surface area contributed by atoms with Crippen molar-refractivity contribution in [1.29, 1.82) is 0 Å². The molecule has 0 radical (unpaired) electrons. The molecule has 1 atom stereocenters. The monoisotopic (exact) mass is 353 g/mol. The van der Waals surface area contributed by atoms with Crippen molar-refractivity contribution in [2.24, 2.45) is 0 Å². The summed E-state index contributed by atoms with van der Waals surface area (Å²) in [4.78, 5) is 27.1. The minimum absolute atomic E-state index is 0.259. The van der Waals surface area contributed by atoms with Crippen LogP contribution in [0.3, 0.4) is 0 Å². The molecule has 4 nitrogen and oxygen atoms in total. The maximum absolute atomic E-state index is 12.8. The van der Waals surface area contributed by atoms with Gasteiger partial charge >= 0.3 is 5.97 Å². The first-order valence-corrected chi connectivity index (χ1v) is 8.43. The highest BCUT2D eigenvalue weighted by Crippen LogP contribution is 2.27. The third kappa shape index (κ3) is 4.09. The molecule has 1 aliphatic rings. The van der Waals surface area contributed by atoms with Crippen molar-refractivity contribution in [2.75, 3.05) is 13.2 Å². The van der Waals surface area contributed by atoms with Gasteiger partial charge in [-0.15, -0.1) is 12.6 Å². The Hall–Kier alpha value is -1.46. The van der Waals surface area contributed by atoms with E-state index in [-0.39, 0.29) is 11.9 Å². The van der Waals surface area contributed by atoms with Crippen LogP contribution in [0.4, 0.5) is 0 Å². The van der Waals surface area contributed by atoms with Gasteiger partial charge in [-0.25, -0.2) is 4.79 Å². The second-order valence-corrected chi connectivity index (χ2v) is 6.30. The fourth-order valence-corrected chi connectivity index (χ4v) is 2.97. The Bertz CT molecular complexity index is 632. The summed E-state index contributed by atoms with van der Waals surface area (Å²) in [5, 5.41) is 0.459. The van der Waals surface area contributed by atoms with E-state index >= 15 is 0 Å². The van der Waals surface area contributed by atoms with Gasteiger partial charge in [-0.05, 0) is 43.9 Å². The maximum Gasteiger partial charge on any atom is 0.328 e. The Morgan fingerprint density at radius 3 is 2.83 bits per heavy atom. The van der Waals surface area contributed by atoms with Crippen LogP contribution in [0.2, 0.25) is 5.02 Å². The number of carbonyl (C=O) groups is 2. The molecule has 1 saturated heterocycles. The molecule has 1 aromatic rings. The number of hydrogen-bond acceptors (Lipinski definition) is 4. The van der Waals surface area contributed by atoms with Crippen molar-refractivity contribution in [2.45, 2.75) is 37.1 Å². The van der Waals surface area contributed by atoms with E-state index in [1.165, 1.54) is 0 Å². The van der Waals surface area contributed by atoms with Gasteiger partial charge in [0.2, 0.25) is 0 Å². The molecule has 6 heteroatoms. The number of ether oxygens (including phenoxy) is 1. The molecule has 0 bridgehead atoms. The Balaban J connectivity index is 2.20. The van der Waals surface area contributed by atoms with Gasteiger partial charge in [-0.3, -0.25) is 4.79 Å². The van der Waals surface area contributed by atoms with E-state index in [4.69, 9.17) is 16.3 Å². The van der Waals surface area contributed by atoms with Crippen molar-refractivity contribution >= 4 is 41.7 Å². The summed E-state index contributed by atoms with van der Waals surface area (Å²) in [7, 11) is 0. The number of halogens is 1. The van der Waals surface area contributed by atoms with Crippen LogP contribution < -0.4 is 0 Å². The zero-order chi connectivity index (χ0) is 17.0. The molecule has 1 fully saturated rings. The molecule has 1 heterocycles. The lowest BCUT2D eigenvalue weighted by molar-refractivity contribution is -0.154. The van der Waals surface area contributed by atoms with Crippen LogP contribution in [0.15, 0.2) is 29.7 Å². The lowest BCUT2D eigenvalue weighted by Crippen LogP contribution is -2.48. The summed E-state index contributed by atoms with van der Waals surface area (Å²) < 4.78 is 5.09. The minimum atomic E-state index is -0.535. The predicted octanol–water partition coefficient (Wildman–Crippen LogP) is 3.59. The quantitative estimate of drug-likeness (QED) is 0.511. The number of nitrogens with zero attached hydrogens (tertiary/aromatic N) is 1. The Labute approximate surface area is 146 Å². The predicted molar refractivity (Wildman–Crippen MR) is 93.7 cm³/mol. The lowest BCUT2D eigenvalue weighted by Gasteiger charge is -2.34. The summed E-state index contributed by atoms with van der Waals surface area (Å²) in [6, 6.07) is 4.59. The molecule has 1 aromatic carbocycles. The first-order valence-electron chi connectivity index (χ1n) is 7.61. The summed E-state index contributed by atoms with van der Waals surface area (Å²) >= 11 is 10.3. The molecule has 1 unspecified atom stereocenters. The van der Waals surface area contributed by atoms with E-state index in [0.717, 1.165) is 12.8 Å². The van der Waals surface area contributed by atoms with Crippen LogP contribution in [0, 0.1) is 0 Å². The van der Waals surface area contributed by atoms with E-state index in [2.05, 4.69) is 19.2 Å². The first-order chi connectivity index (χ1) is 11.0. The molecule has 2 rings (SSSR count). The lowest BCUT2D eigenvalue weighted by atomic mass is 9.99. The highest BCUT2D eigenvalue weighted by atomic mass is 35.5. The fraction of sp³-hybridized carbons (Fsp3) is 0.412. The van der Waals surface area contributed by atoms with Gasteiger partial charge in [0.25, 0.3) is 5.91 Å². The normalized spacial score (nSPS) is 17.7. The summed E-state index contributed by atoms with van der Waals surface area (Å²) in [5.41, 5.74) is 0.947. The van der Waals surface area contributed by atoms with Crippen molar-refractivity contribution in [1.82, 2.24) is 4.90 Å². The van der Waals surface area contributed by atoms with Crippen molar-refractivity contribution in [3.63, 3.8) is 0 Å². The molecule has 0 N–H and O–H groups in total. The van der Waals surface area contributed by atoms with E-state index in [1.807, 2.05) is 0 Å². The SMILES string of the molecule is C=C(C(=O)N1CCCCC1C(=O)OCC)c1ccc(S)c(Cl)c1. The Morgan fingerprint density at radius 1 is 1.43 bits per heavy atom. The van der Waals surface area contributed by atoms with E-state index in [9.17, 15) is 9.59 Å². The zero-order valence-corrected chi connectivity index (χ0v) is 14.7. The topological polar surface area (TPSA) is 46.6 Å². The van der Waals surface area contributed by atoms with Gasteiger partial charge < -0.3 is 9.64 Å². The minimum Gasteiger partial charge on any atom is -0.464 e. The maximum atomic E-state index is 12.8. The van der Waals surface area contributed by atoms with Gasteiger partial charge in [-0.1, -0.05) is 24.2 Å². The van der Waals surface area contributed by atoms with Crippen LogP contribution in [0.1, 0.15) is 31.7 Å². The molecule has 0 aliphatic carbocycles. The standard InChI is InChI=1S/C17H20ClNO3S/c1-3-22-17(21)14-6-4-5-9-19(14)16(20)11(2)12-7-8-15(23)13(18)10-12/h7-8,10,14,23H,2-6,9H2,1H3. The zero-order valence-electron chi connectivity index (χ0n) is 13.0. The molecule has 124 valence electrons. The molecular formula is C17H20ClNO3S. The Morgan fingerprint density at radius 2 is 2.17 bits per heavy atom. The Kier molecular flexibility index (Phi) is 6.13. The highest BCUT2D eigenvalue weighted by Gasteiger charge is 2.34. The van der Waals surface area contributed by atoms with E-state index in [1.54, 1.807) is 30.0 Å². The van der Waals surface area contributed by atoms with Crippen LogP contribution >= 0.6 is 24.2 Å². The number of thiol groups is 1. The molecular weight excluding hydrogens is 334 g/mol. The number of amides is 1. The fourth-order valence-electron chi connectivity index (χ4n) is 2.65. The molecule has 1 amide bonds. The van der Waals surface area contributed by atoms with Gasteiger partial charge in [0.15, 0.2) is 0 Å². The second-order valence-electron chi connectivity index (χ2n) is 5.41. The summed E-state index contributed by atoms with van der Waals surface area (Å²) in [6.07, 6.45) is 2.39. The number of piperidine rings is 1. The van der Waals surface area contributed by atoms with Gasteiger partial charge in [-0.2, -0.15) is 0 Å². The van der Waals surface area contributed by atoms with E-state index in [0.29, 0.717) is 40.6 Å². The number of hydrogen-bond donors (Lipinski definition) is 1. The third-order valence-corrected chi connectivity index (χ3v) is 4.71. The molecule has 1 aliphatic heterocycles. The van der Waals surface area contributed by atoms with Crippen LogP contribution in [0.25, 0.3) is 5.57 Å². The number of likely N-dealkylation sites (tertiary alicyclic amines) is 1. The second kappa shape index (κ2) is 7.88. The average Bonchev–Trinajstić information content (AvgIpc) is 2.56. The van der Waals surface area contributed by atoms with Crippen molar-refractivity contribution in [3.05, 3.63) is 35.4 Å². The van der Waals surface area contributed by atoms with Crippen LogP contribution in [-0.2, 0) is 14.3 Å². The molecule has 23 heavy (non-hydrogen) atoms. The molecule has 0 spiro atoms. The van der Waals surface area contributed by atoms with Crippen molar-refractivity contribution < 1.29 is 14.3 Å². The van der Waals surface area contributed by atoms with Crippen LogP contribution in [-0.4, -0.2) is 36.0 Å². The van der Waals surface area contributed by atoms with Gasteiger partial charge in [0, 0.05) is 17.0 Å². The number of rotatable bonds is 4. The molecule has 0 aromatic heterocycles. The molecule has 0 saturated carbocycles. The van der Waals surface area contributed by atoms with Crippen LogP contribution in [0.5, 0.6) is 0 Å².